The summed E-state index contributed by atoms with van der Waals surface area (Å²) < 4.78 is 0. The predicted octanol–water partition coefficient (Wildman–Crippen LogP) is -2.05. The molecule has 0 bridgehead atoms. The van der Waals surface area contributed by atoms with Crippen molar-refractivity contribution in [3.63, 3.8) is 0 Å². The summed E-state index contributed by atoms with van der Waals surface area (Å²) in [6.45, 7) is 1.65. The Morgan fingerprint density at radius 3 is 2.38 bits per heavy atom. The van der Waals surface area contributed by atoms with Crippen molar-refractivity contribution in [1.29, 1.82) is 0 Å². The standard InChI is InChI=1S/C5H10O2.K.H/c1-2-3-5(7)4-6;;/h3,6-7H,2,4H2,1H3;;/q;+1;-1. The zero-order chi connectivity index (χ0) is 5.70. The molecule has 44 valence electrons. The van der Waals surface area contributed by atoms with E-state index in [-0.39, 0.29) is 65.2 Å². The summed E-state index contributed by atoms with van der Waals surface area (Å²) in [7, 11) is 0. The molecular weight excluding hydrogens is 131 g/mol. The summed E-state index contributed by atoms with van der Waals surface area (Å²) in [5, 5.41) is 16.6. The van der Waals surface area contributed by atoms with E-state index in [4.69, 9.17) is 10.2 Å². The van der Waals surface area contributed by atoms with Crippen LogP contribution in [0.15, 0.2) is 11.8 Å². The van der Waals surface area contributed by atoms with Crippen LogP contribution in [0, 0.1) is 0 Å². The summed E-state index contributed by atoms with van der Waals surface area (Å²) in [6, 6.07) is 0. The van der Waals surface area contributed by atoms with E-state index in [1.165, 1.54) is 0 Å². The second-order valence-electron chi connectivity index (χ2n) is 1.26. The fourth-order valence-electron chi connectivity index (χ4n) is 0.300. The molecule has 0 atom stereocenters. The Morgan fingerprint density at radius 1 is 1.75 bits per heavy atom. The van der Waals surface area contributed by atoms with Crippen LogP contribution in [0.1, 0.15) is 14.8 Å². The number of hydrogen-bond donors (Lipinski definition) is 2. The molecule has 0 aromatic carbocycles. The van der Waals surface area contributed by atoms with Crippen LogP contribution in [0.25, 0.3) is 0 Å². The average Bonchev–Trinajstić information content (AvgIpc) is 1.68. The molecule has 0 aliphatic rings. The van der Waals surface area contributed by atoms with Gasteiger partial charge in [0.2, 0.25) is 0 Å². The van der Waals surface area contributed by atoms with Crippen LogP contribution in [-0.2, 0) is 0 Å². The van der Waals surface area contributed by atoms with E-state index in [2.05, 4.69) is 0 Å². The number of aliphatic hydroxyl groups excluding tert-OH is 2. The third kappa shape index (κ3) is 7.14. The minimum absolute atomic E-state index is 0. The Morgan fingerprint density at radius 2 is 2.25 bits per heavy atom. The summed E-state index contributed by atoms with van der Waals surface area (Å²) in [5.74, 6) is 0.0579. The summed E-state index contributed by atoms with van der Waals surface area (Å²) in [6.07, 6.45) is 2.34. The fourth-order valence-corrected chi connectivity index (χ4v) is 0.300. The second-order valence-corrected chi connectivity index (χ2v) is 1.26. The zero-order valence-corrected chi connectivity index (χ0v) is 8.51. The number of allylic oxidation sites excluding steroid dienone is 1. The molecule has 0 fully saturated rings. The normalized spacial score (nSPS) is 10.5. The molecule has 2 nitrogen and oxygen atoms in total. The largest absolute Gasteiger partial charge is 1.00 e. The molecule has 0 aliphatic carbocycles. The molecule has 0 amide bonds. The first-order chi connectivity index (χ1) is 3.31. The molecule has 0 rings (SSSR count). The summed E-state index contributed by atoms with van der Waals surface area (Å²) in [4.78, 5) is 0. The van der Waals surface area contributed by atoms with Gasteiger partial charge in [-0.05, 0) is 12.5 Å². The van der Waals surface area contributed by atoms with Gasteiger partial charge in [-0.25, -0.2) is 0 Å². The van der Waals surface area contributed by atoms with Crippen LogP contribution in [0.3, 0.4) is 0 Å². The van der Waals surface area contributed by atoms with Crippen molar-refractivity contribution < 1.29 is 63.0 Å². The van der Waals surface area contributed by atoms with Gasteiger partial charge in [-0.15, -0.1) is 0 Å². The van der Waals surface area contributed by atoms with Crippen LogP contribution in [0.4, 0.5) is 0 Å². The molecule has 0 unspecified atom stereocenters. The van der Waals surface area contributed by atoms with Crippen molar-refractivity contribution >= 4 is 0 Å². The van der Waals surface area contributed by atoms with Gasteiger partial charge in [-0.3, -0.25) is 0 Å². The maximum absolute atomic E-state index is 8.47. The van der Waals surface area contributed by atoms with Crippen molar-refractivity contribution in [2.45, 2.75) is 13.3 Å². The topological polar surface area (TPSA) is 40.5 Å². The minimum Gasteiger partial charge on any atom is -1.00 e. The van der Waals surface area contributed by atoms with Crippen molar-refractivity contribution in [2.24, 2.45) is 0 Å². The average molecular weight is 142 g/mol. The number of hydrogen-bond acceptors (Lipinski definition) is 2. The Bertz CT molecular complexity index is 75.4. The van der Waals surface area contributed by atoms with Crippen molar-refractivity contribution in [1.82, 2.24) is 0 Å². The molecule has 0 aromatic heterocycles. The van der Waals surface area contributed by atoms with Crippen LogP contribution in [0.5, 0.6) is 0 Å². The molecule has 0 aliphatic heterocycles. The molecular formula is C5H11KO2. The SMILES string of the molecule is CCC=C(O)CO.[H-].[K+]. The molecule has 0 saturated heterocycles. The van der Waals surface area contributed by atoms with Crippen LogP contribution in [-0.4, -0.2) is 16.8 Å². The Labute approximate surface area is 93.5 Å². The van der Waals surface area contributed by atoms with E-state index >= 15 is 0 Å². The Hall–Kier alpha value is 1.14. The molecule has 0 heterocycles. The Balaban J connectivity index is -0.000000180. The molecule has 0 aromatic rings. The number of rotatable bonds is 2. The summed E-state index contributed by atoms with van der Waals surface area (Å²) in [5.41, 5.74) is 0. The maximum atomic E-state index is 8.47. The maximum Gasteiger partial charge on any atom is 1.00 e. The van der Waals surface area contributed by atoms with Crippen molar-refractivity contribution in [2.75, 3.05) is 6.61 Å². The first-order valence-electron chi connectivity index (χ1n) is 2.30. The first kappa shape index (κ1) is 11.9. The van der Waals surface area contributed by atoms with Crippen LogP contribution < -0.4 is 51.4 Å². The third-order valence-electron chi connectivity index (χ3n) is 0.602. The van der Waals surface area contributed by atoms with Gasteiger partial charge in [-0.2, -0.15) is 0 Å². The molecule has 2 N–H and O–H groups in total. The predicted molar refractivity (Wildman–Crippen MR) is 29.2 cm³/mol. The molecule has 0 radical (unpaired) electrons. The van der Waals surface area contributed by atoms with E-state index in [0.717, 1.165) is 6.42 Å². The van der Waals surface area contributed by atoms with E-state index in [9.17, 15) is 0 Å². The number of aliphatic hydroxyl groups is 2. The fraction of sp³-hybridized carbons (Fsp3) is 0.600. The van der Waals surface area contributed by atoms with Gasteiger partial charge in [-0.1, -0.05) is 6.92 Å². The van der Waals surface area contributed by atoms with Crippen LogP contribution in [0.2, 0.25) is 0 Å². The second kappa shape index (κ2) is 8.14. The third-order valence-corrected chi connectivity index (χ3v) is 0.602. The van der Waals surface area contributed by atoms with Crippen molar-refractivity contribution in [3.8, 4) is 0 Å². The Kier molecular flexibility index (Phi) is 12.1. The molecule has 0 spiro atoms. The van der Waals surface area contributed by atoms with Crippen LogP contribution >= 0.6 is 0 Å². The van der Waals surface area contributed by atoms with E-state index in [1.807, 2.05) is 6.92 Å². The monoisotopic (exact) mass is 142 g/mol. The molecule has 8 heavy (non-hydrogen) atoms. The van der Waals surface area contributed by atoms with Gasteiger partial charge in [0, 0.05) is 0 Å². The summed E-state index contributed by atoms with van der Waals surface area (Å²) >= 11 is 0. The van der Waals surface area contributed by atoms with Gasteiger partial charge < -0.3 is 11.6 Å². The van der Waals surface area contributed by atoms with Gasteiger partial charge in [0.25, 0.3) is 0 Å². The van der Waals surface area contributed by atoms with Gasteiger partial charge in [0.15, 0.2) is 0 Å². The smallest absolute Gasteiger partial charge is 1.00 e. The quantitative estimate of drug-likeness (QED) is 0.344. The minimum atomic E-state index is -0.242. The first-order valence-corrected chi connectivity index (χ1v) is 2.30. The van der Waals surface area contributed by atoms with Gasteiger partial charge in [0.1, 0.15) is 5.76 Å². The van der Waals surface area contributed by atoms with Crippen molar-refractivity contribution in [3.05, 3.63) is 11.8 Å². The molecule has 3 heteroatoms. The van der Waals surface area contributed by atoms with E-state index < -0.39 is 0 Å². The van der Waals surface area contributed by atoms with Gasteiger partial charge >= 0.3 is 51.4 Å². The molecule has 0 saturated carbocycles. The van der Waals surface area contributed by atoms with E-state index in [0.29, 0.717) is 0 Å². The zero-order valence-electron chi connectivity index (χ0n) is 6.39. The van der Waals surface area contributed by atoms with Gasteiger partial charge in [0.05, 0.1) is 6.61 Å². The van der Waals surface area contributed by atoms with E-state index in [1.54, 1.807) is 6.08 Å².